The Morgan fingerprint density at radius 1 is 1.40 bits per heavy atom. The van der Waals surface area contributed by atoms with E-state index in [-0.39, 0.29) is 0 Å². The van der Waals surface area contributed by atoms with E-state index in [0.717, 1.165) is 25.8 Å². The van der Waals surface area contributed by atoms with Crippen LogP contribution in [0.15, 0.2) is 0 Å². The lowest BCUT2D eigenvalue weighted by Crippen LogP contribution is -2.42. The van der Waals surface area contributed by atoms with E-state index in [1.54, 1.807) is 0 Å². The monoisotopic (exact) mass is 212 g/mol. The highest BCUT2D eigenvalue weighted by molar-refractivity contribution is 5.77. The van der Waals surface area contributed by atoms with Crippen LogP contribution in [-0.4, -0.2) is 29.9 Å². The summed E-state index contributed by atoms with van der Waals surface area (Å²) >= 11 is 0. The number of rotatable bonds is 7. The Balaban J connectivity index is 2.48. The Kier molecular flexibility index (Phi) is 5.09. The molecule has 1 aliphatic carbocycles. The molecular weight excluding hydrogens is 188 g/mol. The Hall–Kier alpha value is -0.570. The molecule has 0 aliphatic heterocycles. The molecule has 0 spiro atoms. The van der Waals surface area contributed by atoms with Gasteiger partial charge in [-0.05, 0) is 31.6 Å². The van der Waals surface area contributed by atoms with Gasteiger partial charge in [0, 0.05) is 25.6 Å². The molecule has 2 N–H and O–H groups in total. The maximum absolute atomic E-state index is 12.0. The Labute approximate surface area is 93.0 Å². The lowest BCUT2D eigenvalue weighted by atomic mass is 10.1. The molecule has 0 saturated heterocycles. The average molecular weight is 212 g/mol. The van der Waals surface area contributed by atoms with Crippen LogP contribution in [0.5, 0.6) is 0 Å². The van der Waals surface area contributed by atoms with Gasteiger partial charge in [0.25, 0.3) is 0 Å². The quantitative estimate of drug-likeness (QED) is 0.699. The van der Waals surface area contributed by atoms with Gasteiger partial charge >= 0.3 is 0 Å². The standard InChI is InChI=1S/C12H24N2O/c1-3-11(4-2)14(8-7-13)12(15)9-10-5-6-10/h10-11H,3-9,13H2,1-2H3. The Morgan fingerprint density at radius 3 is 2.40 bits per heavy atom. The first-order valence-corrected chi connectivity index (χ1v) is 6.22. The summed E-state index contributed by atoms with van der Waals surface area (Å²) in [6.45, 7) is 5.58. The lowest BCUT2D eigenvalue weighted by molar-refractivity contribution is -0.134. The van der Waals surface area contributed by atoms with Crippen LogP contribution in [0.2, 0.25) is 0 Å². The van der Waals surface area contributed by atoms with E-state index in [0.29, 0.717) is 24.4 Å². The van der Waals surface area contributed by atoms with E-state index in [4.69, 9.17) is 5.73 Å². The number of carbonyl (C=O) groups is 1. The van der Waals surface area contributed by atoms with Gasteiger partial charge in [-0.2, -0.15) is 0 Å². The average Bonchev–Trinajstić information content (AvgIpc) is 3.02. The first-order valence-electron chi connectivity index (χ1n) is 6.22. The molecule has 3 heteroatoms. The molecule has 0 unspecified atom stereocenters. The van der Waals surface area contributed by atoms with Crippen molar-refractivity contribution in [1.82, 2.24) is 4.90 Å². The number of carbonyl (C=O) groups excluding carboxylic acids is 1. The van der Waals surface area contributed by atoms with Crippen molar-refractivity contribution >= 4 is 5.91 Å². The summed E-state index contributed by atoms with van der Waals surface area (Å²) in [5, 5.41) is 0. The molecule has 0 bridgehead atoms. The molecule has 1 rings (SSSR count). The molecule has 0 aromatic heterocycles. The summed E-state index contributed by atoms with van der Waals surface area (Å²) in [5.74, 6) is 0.990. The molecule has 15 heavy (non-hydrogen) atoms. The van der Waals surface area contributed by atoms with Crippen LogP contribution >= 0.6 is 0 Å². The van der Waals surface area contributed by atoms with E-state index in [9.17, 15) is 4.79 Å². The van der Waals surface area contributed by atoms with Crippen molar-refractivity contribution in [3.63, 3.8) is 0 Å². The molecule has 1 amide bonds. The van der Waals surface area contributed by atoms with Crippen LogP contribution in [0.1, 0.15) is 46.0 Å². The van der Waals surface area contributed by atoms with E-state index >= 15 is 0 Å². The molecule has 1 aliphatic rings. The molecule has 88 valence electrons. The summed E-state index contributed by atoms with van der Waals surface area (Å²) in [7, 11) is 0. The largest absolute Gasteiger partial charge is 0.338 e. The van der Waals surface area contributed by atoms with E-state index in [1.165, 1.54) is 12.8 Å². The number of nitrogens with zero attached hydrogens (tertiary/aromatic N) is 1. The number of hydrogen-bond acceptors (Lipinski definition) is 2. The van der Waals surface area contributed by atoms with Gasteiger partial charge in [-0.15, -0.1) is 0 Å². The second kappa shape index (κ2) is 6.11. The Morgan fingerprint density at radius 2 is 2.00 bits per heavy atom. The maximum atomic E-state index is 12.0. The second-order valence-corrected chi connectivity index (χ2v) is 4.49. The predicted octanol–water partition coefficient (Wildman–Crippen LogP) is 1.76. The summed E-state index contributed by atoms with van der Waals surface area (Å²) < 4.78 is 0. The van der Waals surface area contributed by atoms with Crippen molar-refractivity contribution in [1.29, 1.82) is 0 Å². The first kappa shape index (κ1) is 12.5. The minimum Gasteiger partial charge on any atom is -0.338 e. The van der Waals surface area contributed by atoms with Crippen LogP contribution in [0.3, 0.4) is 0 Å². The van der Waals surface area contributed by atoms with Crippen LogP contribution in [-0.2, 0) is 4.79 Å². The SMILES string of the molecule is CCC(CC)N(CCN)C(=O)CC1CC1. The number of nitrogens with two attached hydrogens (primary N) is 1. The predicted molar refractivity (Wildman–Crippen MR) is 62.5 cm³/mol. The fourth-order valence-electron chi connectivity index (χ4n) is 2.07. The highest BCUT2D eigenvalue weighted by atomic mass is 16.2. The normalized spacial score (nSPS) is 15.7. The zero-order valence-corrected chi connectivity index (χ0v) is 10.0. The van der Waals surface area contributed by atoms with Gasteiger partial charge in [0.05, 0.1) is 0 Å². The fraction of sp³-hybridized carbons (Fsp3) is 0.917. The van der Waals surface area contributed by atoms with Gasteiger partial charge in [0.1, 0.15) is 0 Å². The lowest BCUT2D eigenvalue weighted by Gasteiger charge is -2.30. The molecule has 0 aromatic carbocycles. The zero-order chi connectivity index (χ0) is 11.3. The highest BCUT2D eigenvalue weighted by Gasteiger charge is 2.28. The van der Waals surface area contributed by atoms with Crippen molar-refractivity contribution in [2.75, 3.05) is 13.1 Å². The van der Waals surface area contributed by atoms with Gasteiger partial charge < -0.3 is 10.6 Å². The first-order chi connectivity index (χ1) is 7.22. The van der Waals surface area contributed by atoms with Gasteiger partial charge in [-0.3, -0.25) is 4.79 Å². The molecule has 3 nitrogen and oxygen atoms in total. The van der Waals surface area contributed by atoms with Gasteiger partial charge in [-0.25, -0.2) is 0 Å². The number of amides is 1. The van der Waals surface area contributed by atoms with E-state index in [1.807, 2.05) is 4.90 Å². The third kappa shape index (κ3) is 3.82. The molecule has 0 radical (unpaired) electrons. The van der Waals surface area contributed by atoms with Crippen molar-refractivity contribution < 1.29 is 4.79 Å². The molecule has 1 fully saturated rings. The summed E-state index contributed by atoms with van der Waals surface area (Å²) in [6.07, 6.45) is 5.30. The third-order valence-electron chi connectivity index (χ3n) is 3.23. The second-order valence-electron chi connectivity index (χ2n) is 4.49. The van der Waals surface area contributed by atoms with Crippen molar-refractivity contribution in [2.24, 2.45) is 11.7 Å². The minimum atomic E-state index is 0.316. The van der Waals surface area contributed by atoms with Crippen LogP contribution in [0.25, 0.3) is 0 Å². The van der Waals surface area contributed by atoms with Crippen LogP contribution in [0, 0.1) is 5.92 Å². The van der Waals surface area contributed by atoms with Crippen LogP contribution < -0.4 is 5.73 Å². The van der Waals surface area contributed by atoms with Gasteiger partial charge in [0.2, 0.25) is 5.91 Å². The maximum Gasteiger partial charge on any atom is 0.223 e. The van der Waals surface area contributed by atoms with Gasteiger partial charge in [0.15, 0.2) is 0 Å². The third-order valence-corrected chi connectivity index (χ3v) is 3.23. The van der Waals surface area contributed by atoms with Crippen LogP contribution in [0.4, 0.5) is 0 Å². The van der Waals surface area contributed by atoms with Crippen molar-refractivity contribution in [3.05, 3.63) is 0 Å². The zero-order valence-electron chi connectivity index (χ0n) is 10.0. The molecule has 0 heterocycles. The molecule has 0 aromatic rings. The molecule has 0 atom stereocenters. The minimum absolute atomic E-state index is 0.316. The van der Waals surface area contributed by atoms with E-state index in [2.05, 4.69) is 13.8 Å². The highest BCUT2D eigenvalue weighted by Crippen LogP contribution is 2.33. The molecular formula is C12H24N2O. The van der Waals surface area contributed by atoms with Crippen molar-refractivity contribution in [2.45, 2.75) is 52.0 Å². The molecule has 1 saturated carbocycles. The number of hydrogen-bond donors (Lipinski definition) is 1. The summed E-state index contributed by atoms with van der Waals surface area (Å²) in [4.78, 5) is 14.0. The van der Waals surface area contributed by atoms with E-state index < -0.39 is 0 Å². The van der Waals surface area contributed by atoms with Gasteiger partial charge in [-0.1, -0.05) is 13.8 Å². The summed E-state index contributed by atoms with van der Waals surface area (Å²) in [6, 6.07) is 0.389. The smallest absolute Gasteiger partial charge is 0.223 e. The Bertz CT molecular complexity index is 198. The topological polar surface area (TPSA) is 46.3 Å². The van der Waals surface area contributed by atoms with Crippen molar-refractivity contribution in [3.8, 4) is 0 Å². The fourth-order valence-corrected chi connectivity index (χ4v) is 2.07. The summed E-state index contributed by atoms with van der Waals surface area (Å²) in [5.41, 5.74) is 5.57.